The molecule has 1 saturated heterocycles. The monoisotopic (exact) mass is 558 g/mol. The Kier molecular flexibility index (Phi) is 8.06. The number of carbonyl (C=O) groups excluding carboxylic acids is 3. The van der Waals surface area contributed by atoms with Crippen molar-refractivity contribution >= 4 is 45.5 Å². The number of nitrogens with zero attached hydrogens (tertiary/aromatic N) is 1. The van der Waals surface area contributed by atoms with Gasteiger partial charge in [0.25, 0.3) is 0 Å². The van der Waals surface area contributed by atoms with Crippen molar-refractivity contribution in [3.05, 3.63) is 72.1 Å². The van der Waals surface area contributed by atoms with Crippen LogP contribution >= 0.6 is 0 Å². The quantitative estimate of drug-likeness (QED) is 0.173. The molecule has 11 nitrogen and oxygen atoms in total. The minimum absolute atomic E-state index is 0.137. The molecular weight excluding hydrogens is 524 g/mol. The van der Waals surface area contributed by atoms with Gasteiger partial charge in [0.1, 0.15) is 18.1 Å². The average molecular weight is 559 g/mol. The van der Waals surface area contributed by atoms with Crippen molar-refractivity contribution in [3.63, 3.8) is 0 Å². The number of nitrogens with one attached hydrogen (secondary N) is 4. The molecule has 4 unspecified atom stereocenters. The third-order valence-corrected chi connectivity index (χ3v) is 7.68. The number of aromatic nitrogens is 2. The first-order chi connectivity index (χ1) is 19.7. The normalized spacial score (nSPS) is 17.3. The summed E-state index contributed by atoms with van der Waals surface area (Å²) < 4.78 is 0. The van der Waals surface area contributed by atoms with Crippen molar-refractivity contribution in [1.29, 1.82) is 0 Å². The lowest BCUT2D eigenvalue weighted by Crippen LogP contribution is -2.58. The first-order valence-electron chi connectivity index (χ1n) is 13.7. The lowest BCUT2D eigenvalue weighted by Gasteiger charge is -2.29. The van der Waals surface area contributed by atoms with Gasteiger partial charge in [0.05, 0.1) is 6.04 Å². The topological polar surface area (TPSA) is 173 Å². The van der Waals surface area contributed by atoms with Crippen LogP contribution < -0.4 is 16.4 Å². The number of likely N-dealkylation sites (tertiary alicyclic amines) is 1. The molecule has 7 N–H and O–H groups in total. The molecule has 1 aliphatic rings. The second-order valence-electron chi connectivity index (χ2n) is 10.6. The number of hydrogen-bond donors (Lipinski definition) is 6. The van der Waals surface area contributed by atoms with Crippen LogP contribution in [0.15, 0.2) is 60.9 Å². The van der Waals surface area contributed by atoms with Gasteiger partial charge < -0.3 is 36.3 Å². The molecule has 3 heterocycles. The second kappa shape index (κ2) is 11.8. The lowest BCUT2D eigenvalue weighted by molar-refractivity contribution is -0.149. The molecule has 1 aliphatic heterocycles. The van der Waals surface area contributed by atoms with E-state index in [1.807, 2.05) is 48.5 Å². The minimum atomic E-state index is -1.07. The summed E-state index contributed by atoms with van der Waals surface area (Å²) in [4.78, 5) is 59.9. The number of rotatable bonds is 10. The number of H-pyrrole nitrogens is 2. The SMILES string of the molecule is CC(N)C(=O)NC(Cc1c[nH]c2ccccc12)C(=O)NC(Cc1c[nH]c2ccccc12)C(=O)N1CCCC1C(=O)O. The van der Waals surface area contributed by atoms with E-state index in [2.05, 4.69) is 20.6 Å². The summed E-state index contributed by atoms with van der Waals surface area (Å²) in [5, 5.41) is 17.1. The Hall–Kier alpha value is -4.64. The zero-order valence-corrected chi connectivity index (χ0v) is 22.7. The molecule has 0 bridgehead atoms. The molecule has 2 aromatic heterocycles. The van der Waals surface area contributed by atoms with Gasteiger partial charge in [-0.2, -0.15) is 0 Å². The molecule has 1 fully saturated rings. The van der Waals surface area contributed by atoms with E-state index in [1.165, 1.54) is 11.8 Å². The number of carboxylic acid groups (broad SMARTS) is 1. The Morgan fingerprint density at radius 1 is 0.902 bits per heavy atom. The van der Waals surface area contributed by atoms with E-state index >= 15 is 0 Å². The largest absolute Gasteiger partial charge is 0.480 e. The predicted molar refractivity (Wildman–Crippen MR) is 154 cm³/mol. The summed E-state index contributed by atoms with van der Waals surface area (Å²) in [5.41, 5.74) is 9.19. The molecule has 0 saturated carbocycles. The number of carboxylic acids is 1. The van der Waals surface area contributed by atoms with Crippen LogP contribution in [0.25, 0.3) is 21.8 Å². The summed E-state index contributed by atoms with van der Waals surface area (Å²) in [7, 11) is 0. The van der Waals surface area contributed by atoms with Crippen LogP contribution in [-0.2, 0) is 32.0 Å². The van der Waals surface area contributed by atoms with Gasteiger partial charge in [-0.3, -0.25) is 14.4 Å². The van der Waals surface area contributed by atoms with E-state index in [0.717, 1.165) is 32.9 Å². The molecule has 0 spiro atoms. The highest BCUT2D eigenvalue weighted by Gasteiger charge is 2.38. The standard InChI is InChI=1S/C30H34N6O5/c1-17(31)27(37)34-24(13-18-15-32-22-9-4-2-7-20(18)22)28(38)35-25(29(39)36-12-6-11-26(36)30(40)41)14-19-16-33-23-10-5-3-8-21(19)23/h2-5,7-10,15-17,24-26,32-33H,6,11-14,31H2,1H3,(H,34,37)(H,35,38)(H,40,41). The molecule has 214 valence electrons. The summed E-state index contributed by atoms with van der Waals surface area (Å²) in [5.74, 6) is -2.61. The Labute approximate surface area is 236 Å². The zero-order valence-electron chi connectivity index (χ0n) is 22.7. The van der Waals surface area contributed by atoms with Gasteiger partial charge in [-0.05, 0) is 43.0 Å². The number of aliphatic carboxylic acids is 1. The van der Waals surface area contributed by atoms with Gasteiger partial charge in [-0.1, -0.05) is 36.4 Å². The van der Waals surface area contributed by atoms with E-state index in [4.69, 9.17) is 5.73 Å². The van der Waals surface area contributed by atoms with Gasteiger partial charge >= 0.3 is 5.97 Å². The first kappa shape index (κ1) is 27.9. The fourth-order valence-corrected chi connectivity index (χ4v) is 5.51. The number of nitrogens with two attached hydrogens (primary N) is 1. The molecule has 41 heavy (non-hydrogen) atoms. The zero-order chi connectivity index (χ0) is 29.1. The number of carbonyl (C=O) groups is 4. The van der Waals surface area contributed by atoms with E-state index in [9.17, 15) is 24.3 Å². The Balaban J connectivity index is 1.45. The van der Waals surface area contributed by atoms with Crippen molar-refractivity contribution in [1.82, 2.24) is 25.5 Å². The van der Waals surface area contributed by atoms with E-state index in [0.29, 0.717) is 12.8 Å². The molecule has 5 rings (SSSR count). The van der Waals surface area contributed by atoms with Crippen LogP contribution in [0.1, 0.15) is 30.9 Å². The number of hydrogen-bond acceptors (Lipinski definition) is 5. The highest BCUT2D eigenvalue weighted by atomic mass is 16.4. The van der Waals surface area contributed by atoms with E-state index in [1.54, 1.807) is 12.4 Å². The van der Waals surface area contributed by atoms with Crippen molar-refractivity contribution < 1.29 is 24.3 Å². The molecular formula is C30H34N6O5. The Morgan fingerprint density at radius 2 is 1.44 bits per heavy atom. The van der Waals surface area contributed by atoms with Crippen LogP contribution in [-0.4, -0.2) is 74.4 Å². The average Bonchev–Trinajstić information content (AvgIpc) is 3.71. The number of aromatic amines is 2. The maximum absolute atomic E-state index is 13.8. The molecule has 4 atom stereocenters. The number of amides is 3. The van der Waals surface area contributed by atoms with Gasteiger partial charge in [0.2, 0.25) is 17.7 Å². The number of benzene rings is 2. The van der Waals surface area contributed by atoms with Crippen LogP contribution in [0.5, 0.6) is 0 Å². The van der Waals surface area contributed by atoms with Crippen molar-refractivity contribution in [2.45, 2.75) is 56.8 Å². The molecule has 3 amide bonds. The molecule has 4 aromatic rings. The highest BCUT2D eigenvalue weighted by molar-refractivity contribution is 5.95. The summed E-state index contributed by atoms with van der Waals surface area (Å²) in [6.45, 7) is 1.81. The van der Waals surface area contributed by atoms with Gasteiger partial charge in [0.15, 0.2) is 0 Å². The Bertz CT molecular complexity index is 1590. The Morgan fingerprint density at radius 3 is 2.00 bits per heavy atom. The first-order valence-corrected chi connectivity index (χ1v) is 13.7. The van der Waals surface area contributed by atoms with Crippen LogP contribution in [0, 0.1) is 0 Å². The molecule has 0 radical (unpaired) electrons. The summed E-state index contributed by atoms with van der Waals surface area (Å²) in [6.07, 6.45) is 4.78. The van der Waals surface area contributed by atoms with E-state index < -0.39 is 47.9 Å². The smallest absolute Gasteiger partial charge is 0.326 e. The maximum atomic E-state index is 13.8. The van der Waals surface area contributed by atoms with Gasteiger partial charge in [-0.25, -0.2) is 4.79 Å². The minimum Gasteiger partial charge on any atom is -0.480 e. The molecule has 2 aromatic carbocycles. The van der Waals surface area contributed by atoms with Gasteiger partial charge in [0, 0.05) is 53.6 Å². The fourth-order valence-electron chi connectivity index (χ4n) is 5.51. The predicted octanol–water partition coefficient (Wildman–Crippen LogP) is 1.83. The van der Waals surface area contributed by atoms with Crippen molar-refractivity contribution in [3.8, 4) is 0 Å². The summed E-state index contributed by atoms with van der Waals surface area (Å²) >= 11 is 0. The maximum Gasteiger partial charge on any atom is 0.326 e. The molecule has 11 heteroatoms. The van der Waals surface area contributed by atoms with E-state index in [-0.39, 0.29) is 19.4 Å². The summed E-state index contributed by atoms with van der Waals surface area (Å²) in [6, 6.07) is 11.3. The van der Waals surface area contributed by atoms with Crippen molar-refractivity contribution in [2.24, 2.45) is 5.73 Å². The lowest BCUT2D eigenvalue weighted by atomic mass is 10.0. The molecule has 0 aliphatic carbocycles. The van der Waals surface area contributed by atoms with Crippen LogP contribution in [0.2, 0.25) is 0 Å². The number of fused-ring (bicyclic) bond motifs is 2. The number of para-hydroxylation sites is 2. The van der Waals surface area contributed by atoms with Crippen LogP contribution in [0.4, 0.5) is 0 Å². The third kappa shape index (κ3) is 5.94. The highest BCUT2D eigenvalue weighted by Crippen LogP contribution is 2.24. The third-order valence-electron chi connectivity index (χ3n) is 7.68. The second-order valence-corrected chi connectivity index (χ2v) is 10.6. The van der Waals surface area contributed by atoms with Gasteiger partial charge in [-0.15, -0.1) is 0 Å². The van der Waals surface area contributed by atoms with Crippen molar-refractivity contribution in [2.75, 3.05) is 6.54 Å². The fraction of sp³-hybridized carbons (Fsp3) is 0.333. The van der Waals surface area contributed by atoms with Crippen LogP contribution in [0.3, 0.4) is 0 Å².